The number of hydrogen-bond acceptors (Lipinski definition) is 2. The lowest BCUT2D eigenvalue weighted by atomic mass is 10.1. The zero-order valence-corrected chi connectivity index (χ0v) is 15.5. The first-order chi connectivity index (χ1) is 11.5. The van der Waals surface area contributed by atoms with Crippen LogP contribution in [0.2, 0.25) is 5.02 Å². The topological polar surface area (TPSA) is 34.4 Å². The van der Waals surface area contributed by atoms with Crippen LogP contribution in [0.15, 0.2) is 41.4 Å². The van der Waals surface area contributed by atoms with E-state index >= 15 is 0 Å². The summed E-state index contributed by atoms with van der Waals surface area (Å²) in [7, 11) is 0. The van der Waals surface area contributed by atoms with E-state index in [0.29, 0.717) is 10.6 Å². The Morgan fingerprint density at radius 1 is 1.21 bits per heavy atom. The molecule has 0 unspecified atom stereocenters. The summed E-state index contributed by atoms with van der Waals surface area (Å²) in [6.07, 6.45) is 0.978. The van der Waals surface area contributed by atoms with Crippen molar-refractivity contribution < 1.29 is 4.79 Å². The number of carbonyl (C=O) groups excluding carboxylic acids is 1. The zero-order chi connectivity index (χ0) is 17.3. The molecule has 2 aromatic carbocycles. The summed E-state index contributed by atoms with van der Waals surface area (Å²) in [5.74, 6) is -0.301. The third kappa shape index (κ3) is 3.17. The molecule has 3 rings (SSSR count). The average Bonchev–Trinajstić information content (AvgIpc) is 2.85. The molecule has 0 N–H and O–H groups in total. The number of hydrogen-bond donors (Lipinski definition) is 0. The van der Waals surface area contributed by atoms with E-state index in [-0.39, 0.29) is 5.91 Å². The van der Waals surface area contributed by atoms with E-state index in [1.54, 1.807) is 35.6 Å². The number of amides is 1. The summed E-state index contributed by atoms with van der Waals surface area (Å²) in [6, 6.07) is 11.4. The molecule has 3 nitrogen and oxygen atoms in total. The number of halogens is 1. The second-order valence-electron chi connectivity index (χ2n) is 5.84. The van der Waals surface area contributed by atoms with Crippen molar-refractivity contribution in [1.29, 1.82) is 0 Å². The van der Waals surface area contributed by atoms with E-state index < -0.39 is 0 Å². The minimum absolute atomic E-state index is 0.301. The molecule has 0 fully saturated rings. The van der Waals surface area contributed by atoms with Crippen LogP contribution in [-0.4, -0.2) is 10.5 Å². The van der Waals surface area contributed by atoms with Crippen LogP contribution in [0.3, 0.4) is 0 Å². The highest BCUT2D eigenvalue weighted by Crippen LogP contribution is 2.22. The SMILES string of the molecule is CCCn1c(=NC(=O)c2ccccc2Cl)sc2cc(C)c(C)cc21. The van der Waals surface area contributed by atoms with Crippen molar-refractivity contribution in [1.82, 2.24) is 4.57 Å². The fourth-order valence-electron chi connectivity index (χ4n) is 2.63. The Labute approximate surface area is 150 Å². The lowest BCUT2D eigenvalue weighted by Gasteiger charge is -2.05. The molecule has 3 aromatic rings. The highest BCUT2D eigenvalue weighted by molar-refractivity contribution is 7.16. The number of fused-ring (bicyclic) bond motifs is 1. The minimum Gasteiger partial charge on any atom is -0.316 e. The van der Waals surface area contributed by atoms with Crippen LogP contribution >= 0.6 is 22.9 Å². The van der Waals surface area contributed by atoms with Crippen molar-refractivity contribution in [3.8, 4) is 0 Å². The van der Waals surface area contributed by atoms with Crippen LogP contribution < -0.4 is 4.80 Å². The summed E-state index contributed by atoms with van der Waals surface area (Å²) >= 11 is 7.67. The predicted molar refractivity (Wildman–Crippen MR) is 101 cm³/mol. The van der Waals surface area contributed by atoms with Crippen LogP contribution in [0.25, 0.3) is 10.2 Å². The smallest absolute Gasteiger partial charge is 0.281 e. The largest absolute Gasteiger partial charge is 0.316 e. The van der Waals surface area contributed by atoms with Gasteiger partial charge in [0.25, 0.3) is 5.91 Å². The van der Waals surface area contributed by atoms with Crippen molar-refractivity contribution in [2.45, 2.75) is 33.7 Å². The van der Waals surface area contributed by atoms with Gasteiger partial charge < -0.3 is 4.57 Å². The molecule has 5 heteroatoms. The quantitative estimate of drug-likeness (QED) is 0.639. The minimum atomic E-state index is -0.301. The predicted octanol–water partition coefficient (Wildman–Crippen LogP) is 5.12. The number of thiazole rings is 1. The van der Waals surface area contributed by atoms with Gasteiger partial charge in [-0.15, -0.1) is 0 Å². The Morgan fingerprint density at radius 3 is 2.62 bits per heavy atom. The summed E-state index contributed by atoms with van der Waals surface area (Å²) in [6.45, 7) is 7.16. The first-order valence-corrected chi connectivity index (χ1v) is 9.15. The second kappa shape index (κ2) is 6.91. The summed E-state index contributed by atoms with van der Waals surface area (Å²) in [5.41, 5.74) is 4.06. The molecule has 1 amide bonds. The Morgan fingerprint density at radius 2 is 1.92 bits per heavy atom. The Balaban J connectivity index is 2.19. The van der Waals surface area contributed by atoms with Gasteiger partial charge in [0.2, 0.25) is 0 Å². The molecular formula is C19H19ClN2OS. The Hall–Kier alpha value is -1.91. The third-order valence-corrected chi connectivity index (χ3v) is 5.42. The average molecular weight is 359 g/mol. The maximum absolute atomic E-state index is 12.5. The van der Waals surface area contributed by atoms with Crippen LogP contribution in [0, 0.1) is 13.8 Å². The molecule has 0 aliphatic carbocycles. The molecule has 1 heterocycles. The standard InChI is InChI=1S/C19H19ClN2OS/c1-4-9-22-16-10-12(2)13(3)11-17(16)24-19(22)21-18(23)14-7-5-6-8-15(14)20/h5-8,10-11H,4,9H2,1-3H3. The Kier molecular flexibility index (Phi) is 4.88. The molecule has 0 bridgehead atoms. The maximum Gasteiger partial charge on any atom is 0.281 e. The molecule has 0 saturated heterocycles. The van der Waals surface area contributed by atoms with Crippen molar-refractivity contribution in [3.05, 3.63) is 62.9 Å². The van der Waals surface area contributed by atoms with E-state index in [1.165, 1.54) is 11.1 Å². The Bertz CT molecular complexity index is 985. The first kappa shape index (κ1) is 16.9. The van der Waals surface area contributed by atoms with E-state index in [2.05, 4.69) is 42.5 Å². The molecule has 0 atom stereocenters. The van der Waals surface area contributed by atoms with Crippen molar-refractivity contribution in [2.24, 2.45) is 4.99 Å². The van der Waals surface area contributed by atoms with Gasteiger partial charge >= 0.3 is 0 Å². The van der Waals surface area contributed by atoms with Gasteiger partial charge in [-0.3, -0.25) is 4.79 Å². The van der Waals surface area contributed by atoms with Crippen LogP contribution in [0.5, 0.6) is 0 Å². The van der Waals surface area contributed by atoms with Gasteiger partial charge in [0.1, 0.15) is 0 Å². The van der Waals surface area contributed by atoms with Crippen molar-refractivity contribution in [3.63, 3.8) is 0 Å². The van der Waals surface area contributed by atoms with Gasteiger partial charge in [0.05, 0.1) is 20.8 Å². The molecule has 0 radical (unpaired) electrons. The number of aromatic nitrogens is 1. The molecule has 0 saturated carbocycles. The fraction of sp³-hybridized carbons (Fsp3) is 0.263. The van der Waals surface area contributed by atoms with Gasteiger partial charge in [0, 0.05) is 6.54 Å². The summed E-state index contributed by atoms with van der Waals surface area (Å²) in [4.78, 5) is 17.6. The lowest BCUT2D eigenvalue weighted by molar-refractivity contribution is 0.0998. The summed E-state index contributed by atoms with van der Waals surface area (Å²) in [5, 5.41) is 0.432. The molecule has 1 aromatic heterocycles. The van der Waals surface area contributed by atoms with Gasteiger partial charge in [-0.25, -0.2) is 0 Å². The molecule has 0 spiro atoms. The van der Waals surface area contributed by atoms with E-state index in [9.17, 15) is 4.79 Å². The number of aryl methyl sites for hydroxylation is 3. The van der Waals surface area contributed by atoms with Crippen LogP contribution in [0.1, 0.15) is 34.8 Å². The normalized spacial score (nSPS) is 12.1. The van der Waals surface area contributed by atoms with Gasteiger partial charge in [-0.1, -0.05) is 42.0 Å². The van der Waals surface area contributed by atoms with Gasteiger partial charge in [-0.2, -0.15) is 4.99 Å². The third-order valence-electron chi connectivity index (χ3n) is 4.05. The number of carbonyl (C=O) groups is 1. The molecule has 124 valence electrons. The second-order valence-corrected chi connectivity index (χ2v) is 7.25. The maximum atomic E-state index is 12.5. The molecule has 0 aliphatic heterocycles. The van der Waals surface area contributed by atoms with E-state index in [1.807, 2.05) is 0 Å². The van der Waals surface area contributed by atoms with Crippen molar-refractivity contribution in [2.75, 3.05) is 0 Å². The van der Waals surface area contributed by atoms with E-state index in [4.69, 9.17) is 11.6 Å². The molecule has 24 heavy (non-hydrogen) atoms. The summed E-state index contributed by atoms with van der Waals surface area (Å²) < 4.78 is 3.28. The number of benzene rings is 2. The van der Waals surface area contributed by atoms with Gasteiger partial charge in [0.15, 0.2) is 4.80 Å². The number of rotatable bonds is 3. The molecular weight excluding hydrogens is 340 g/mol. The van der Waals surface area contributed by atoms with Gasteiger partial charge in [-0.05, 0) is 55.7 Å². The van der Waals surface area contributed by atoms with E-state index in [0.717, 1.165) is 28.0 Å². The van der Waals surface area contributed by atoms with Crippen LogP contribution in [-0.2, 0) is 6.54 Å². The monoisotopic (exact) mass is 358 g/mol. The van der Waals surface area contributed by atoms with Crippen molar-refractivity contribution >= 4 is 39.1 Å². The highest BCUT2D eigenvalue weighted by Gasteiger charge is 2.12. The number of nitrogens with zero attached hydrogens (tertiary/aromatic N) is 2. The zero-order valence-electron chi connectivity index (χ0n) is 14.0. The fourth-order valence-corrected chi connectivity index (χ4v) is 3.98. The highest BCUT2D eigenvalue weighted by atomic mass is 35.5. The van der Waals surface area contributed by atoms with Crippen LogP contribution in [0.4, 0.5) is 0 Å². The lowest BCUT2D eigenvalue weighted by Crippen LogP contribution is -2.17. The first-order valence-electron chi connectivity index (χ1n) is 7.95. The molecule has 0 aliphatic rings.